The van der Waals surface area contributed by atoms with E-state index in [9.17, 15) is 0 Å². The fourth-order valence-electron chi connectivity index (χ4n) is 2.26. The Balaban J connectivity index is 1.89. The number of rotatable bonds is 6. The summed E-state index contributed by atoms with van der Waals surface area (Å²) in [5.41, 5.74) is 2.64. The molecular weight excluding hydrogens is 334 g/mol. The Morgan fingerprint density at radius 2 is 1.90 bits per heavy atom. The Kier molecular flexibility index (Phi) is 6.08. The summed E-state index contributed by atoms with van der Waals surface area (Å²) in [7, 11) is 0. The molecule has 2 aromatic carbocycles. The average molecular weight is 353 g/mol. The fourth-order valence-corrected chi connectivity index (χ4v) is 2.81. The molecule has 0 aliphatic rings. The molecule has 3 heteroatoms. The smallest absolute Gasteiger partial charge is 0.0406 e. The predicted octanol–water partition coefficient (Wildman–Crippen LogP) is 5.39. The van der Waals surface area contributed by atoms with Crippen LogP contribution in [0.5, 0.6) is 0 Å². The summed E-state index contributed by atoms with van der Waals surface area (Å²) in [6.07, 6.45) is 2.10. The third-order valence-corrected chi connectivity index (χ3v) is 4.12. The van der Waals surface area contributed by atoms with Crippen LogP contribution in [0.25, 0.3) is 0 Å². The monoisotopic (exact) mass is 351 g/mol. The normalized spacial score (nSPS) is 12.3. The molecule has 1 unspecified atom stereocenters. The zero-order valence-corrected chi connectivity index (χ0v) is 13.9. The number of benzene rings is 2. The SMILES string of the molecule is CCC(NCCc1ccc(Cl)cc1)c1cccc(Br)c1. The molecule has 0 aliphatic carbocycles. The summed E-state index contributed by atoms with van der Waals surface area (Å²) in [5, 5.41) is 4.42. The van der Waals surface area contributed by atoms with E-state index in [1.807, 2.05) is 12.1 Å². The topological polar surface area (TPSA) is 12.0 Å². The third kappa shape index (κ3) is 4.62. The molecule has 0 saturated heterocycles. The Hall–Kier alpha value is -0.830. The minimum atomic E-state index is 0.403. The quantitative estimate of drug-likeness (QED) is 0.735. The van der Waals surface area contributed by atoms with E-state index in [0.717, 1.165) is 28.9 Å². The van der Waals surface area contributed by atoms with Crippen molar-refractivity contribution in [1.82, 2.24) is 5.32 Å². The lowest BCUT2D eigenvalue weighted by Gasteiger charge is -2.17. The molecule has 106 valence electrons. The minimum absolute atomic E-state index is 0.403. The van der Waals surface area contributed by atoms with Gasteiger partial charge in [-0.3, -0.25) is 0 Å². The zero-order chi connectivity index (χ0) is 14.4. The summed E-state index contributed by atoms with van der Waals surface area (Å²) in [6.45, 7) is 3.17. The zero-order valence-electron chi connectivity index (χ0n) is 11.6. The fraction of sp³-hybridized carbons (Fsp3) is 0.294. The number of hydrogen-bond acceptors (Lipinski definition) is 1. The van der Waals surface area contributed by atoms with Crippen LogP contribution in [0.1, 0.15) is 30.5 Å². The molecule has 0 saturated carbocycles. The highest BCUT2D eigenvalue weighted by molar-refractivity contribution is 9.10. The van der Waals surface area contributed by atoms with E-state index >= 15 is 0 Å². The largest absolute Gasteiger partial charge is 0.310 e. The molecule has 0 aliphatic heterocycles. The summed E-state index contributed by atoms with van der Waals surface area (Å²) < 4.78 is 1.13. The van der Waals surface area contributed by atoms with Gasteiger partial charge >= 0.3 is 0 Å². The highest BCUT2D eigenvalue weighted by Crippen LogP contribution is 2.20. The molecule has 0 fully saturated rings. The van der Waals surface area contributed by atoms with Gasteiger partial charge in [-0.25, -0.2) is 0 Å². The molecule has 0 heterocycles. The first kappa shape index (κ1) is 15.6. The van der Waals surface area contributed by atoms with Crippen LogP contribution in [0.2, 0.25) is 5.02 Å². The summed E-state index contributed by atoms with van der Waals surface area (Å²) in [5.74, 6) is 0. The number of halogens is 2. The first-order valence-electron chi connectivity index (χ1n) is 6.92. The van der Waals surface area contributed by atoms with Crippen LogP contribution in [-0.4, -0.2) is 6.54 Å². The first-order chi connectivity index (χ1) is 9.69. The van der Waals surface area contributed by atoms with Crippen LogP contribution in [0, 0.1) is 0 Å². The maximum atomic E-state index is 5.89. The van der Waals surface area contributed by atoms with Crippen molar-refractivity contribution in [2.24, 2.45) is 0 Å². The van der Waals surface area contributed by atoms with Crippen LogP contribution in [-0.2, 0) is 6.42 Å². The molecule has 20 heavy (non-hydrogen) atoms. The standard InChI is InChI=1S/C17H19BrClN/c1-2-17(14-4-3-5-15(18)12-14)20-11-10-13-6-8-16(19)9-7-13/h3-9,12,17,20H,2,10-11H2,1H3. The minimum Gasteiger partial charge on any atom is -0.310 e. The van der Waals surface area contributed by atoms with Gasteiger partial charge in [0.1, 0.15) is 0 Å². The lowest BCUT2D eigenvalue weighted by atomic mass is 10.0. The summed E-state index contributed by atoms with van der Waals surface area (Å²) in [4.78, 5) is 0. The van der Waals surface area contributed by atoms with Gasteiger partial charge in [-0.15, -0.1) is 0 Å². The Morgan fingerprint density at radius 1 is 1.15 bits per heavy atom. The molecular formula is C17H19BrClN. The highest BCUT2D eigenvalue weighted by atomic mass is 79.9. The van der Waals surface area contributed by atoms with Crippen molar-refractivity contribution < 1.29 is 0 Å². The van der Waals surface area contributed by atoms with E-state index < -0.39 is 0 Å². The van der Waals surface area contributed by atoms with E-state index in [2.05, 4.69) is 64.6 Å². The van der Waals surface area contributed by atoms with Gasteiger partial charge in [-0.05, 0) is 54.8 Å². The van der Waals surface area contributed by atoms with E-state index in [-0.39, 0.29) is 0 Å². The molecule has 0 aromatic heterocycles. The lowest BCUT2D eigenvalue weighted by molar-refractivity contribution is 0.522. The average Bonchev–Trinajstić information content (AvgIpc) is 2.45. The Bertz CT molecular complexity index is 539. The van der Waals surface area contributed by atoms with E-state index in [1.54, 1.807) is 0 Å². The van der Waals surface area contributed by atoms with Gasteiger partial charge in [-0.1, -0.05) is 58.7 Å². The summed E-state index contributed by atoms with van der Waals surface area (Å²) in [6, 6.07) is 17.0. The molecule has 2 aromatic rings. The second-order valence-electron chi connectivity index (χ2n) is 4.85. The Morgan fingerprint density at radius 3 is 2.55 bits per heavy atom. The number of hydrogen-bond donors (Lipinski definition) is 1. The van der Waals surface area contributed by atoms with Gasteiger partial charge in [0.15, 0.2) is 0 Å². The second-order valence-corrected chi connectivity index (χ2v) is 6.20. The molecule has 2 rings (SSSR count). The molecule has 0 radical (unpaired) electrons. The molecule has 0 amide bonds. The maximum absolute atomic E-state index is 5.89. The number of nitrogens with one attached hydrogen (secondary N) is 1. The molecule has 1 N–H and O–H groups in total. The van der Waals surface area contributed by atoms with E-state index in [0.29, 0.717) is 6.04 Å². The van der Waals surface area contributed by atoms with Gasteiger partial charge in [0, 0.05) is 15.5 Å². The van der Waals surface area contributed by atoms with Crippen molar-refractivity contribution >= 4 is 27.5 Å². The lowest BCUT2D eigenvalue weighted by Crippen LogP contribution is -2.23. The van der Waals surface area contributed by atoms with Gasteiger partial charge in [0.2, 0.25) is 0 Å². The van der Waals surface area contributed by atoms with Crippen LogP contribution >= 0.6 is 27.5 Å². The van der Waals surface area contributed by atoms with Crippen molar-refractivity contribution in [3.05, 3.63) is 69.2 Å². The van der Waals surface area contributed by atoms with Crippen LogP contribution in [0.4, 0.5) is 0 Å². The molecule has 1 nitrogen and oxygen atoms in total. The molecule has 0 spiro atoms. The van der Waals surface area contributed by atoms with Crippen molar-refractivity contribution in [3.8, 4) is 0 Å². The predicted molar refractivity (Wildman–Crippen MR) is 90.3 cm³/mol. The highest BCUT2D eigenvalue weighted by Gasteiger charge is 2.08. The summed E-state index contributed by atoms with van der Waals surface area (Å²) >= 11 is 9.42. The van der Waals surface area contributed by atoms with E-state index in [1.165, 1.54) is 11.1 Å². The van der Waals surface area contributed by atoms with Crippen LogP contribution in [0.3, 0.4) is 0 Å². The van der Waals surface area contributed by atoms with Gasteiger partial charge in [0.05, 0.1) is 0 Å². The molecule has 1 atom stereocenters. The van der Waals surface area contributed by atoms with Crippen LogP contribution < -0.4 is 5.32 Å². The van der Waals surface area contributed by atoms with Gasteiger partial charge < -0.3 is 5.32 Å². The maximum Gasteiger partial charge on any atom is 0.0406 e. The molecule has 0 bridgehead atoms. The van der Waals surface area contributed by atoms with E-state index in [4.69, 9.17) is 11.6 Å². The van der Waals surface area contributed by atoms with Crippen molar-refractivity contribution in [3.63, 3.8) is 0 Å². The van der Waals surface area contributed by atoms with Gasteiger partial charge in [0.25, 0.3) is 0 Å². The third-order valence-electron chi connectivity index (χ3n) is 3.38. The Labute approximate surface area is 134 Å². The van der Waals surface area contributed by atoms with Crippen LogP contribution in [0.15, 0.2) is 53.0 Å². The van der Waals surface area contributed by atoms with Gasteiger partial charge in [-0.2, -0.15) is 0 Å². The van der Waals surface area contributed by atoms with Crippen molar-refractivity contribution in [1.29, 1.82) is 0 Å². The first-order valence-corrected chi connectivity index (χ1v) is 8.09. The second kappa shape index (κ2) is 7.82. The van der Waals surface area contributed by atoms with Crippen molar-refractivity contribution in [2.45, 2.75) is 25.8 Å². The van der Waals surface area contributed by atoms with Crippen molar-refractivity contribution in [2.75, 3.05) is 6.54 Å².